The van der Waals surface area contributed by atoms with Crippen LogP contribution in [0.5, 0.6) is 0 Å². The Bertz CT molecular complexity index is 379. The number of hydrogen-bond donors (Lipinski definition) is 0. The highest BCUT2D eigenvalue weighted by Gasteiger charge is 2.67. The van der Waals surface area contributed by atoms with E-state index in [2.05, 4.69) is 29.8 Å². The van der Waals surface area contributed by atoms with E-state index in [-0.39, 0.29) is 12.1 Å². The molecular weight excluding hydrogens is 292 g/mol. The fraction of sp³-hybridized carbons (Fsp3) is 0.933. The number of alkyl halides is 1. The molecule has 3 saturated carbocycles. The van der Waals surface area contributed by atoms with E-state index in [0.29, 0.717) is 21.6 Å². The van der Waals surface area contributed by atoms with Gasteiger partial charge in [0.2, 0.25) is 0 Å². The Hall–Kier alpha value is -0.0500. The van der Waals surface area contributed by atoms with Gasteiger partial charge >= 0.3 is 5.97 Å². The van der Waals surface area contributed by atoms with E-state index in [0.717, 1.165) is 12.3 Å². The third-order valence-electron chi connectivity index (χ3n) is 6.01. The molecule has 18 heavy (non-hydrogen) atoms. The maximum Gasteiger partial charge on any atom is 0.302 e. The van der Waals surface area contributed by atoms with Crippen LogP contribution in [0, 0.1) is 22.7 Å². The first-order valence-electron chi connectivity index (χ1n) is 7.19. The van der Waals surface area contributed by atoms with E-state index in [1.807, 2.05) is 0 Å². The second-order valence-corrected chi connectivity index (χ2v) is 8.12. The van der Waals surface area contributed by atoms with E-state index in [1.54, 1.807) is 6.92 Å². The molecule has 1 spiro atoms. The molecule has 0 aliphatic heterocycles. The van der Waals surface area contributed by atoms with E-state index >= 15 is 0 Å². The summed E-state index contributed by atoms with van der Waals surface area (Å²) in [5.74, 6) is 1.28. The van der Waals surface area contributed by atoms with Crippen LogP contribution in [0.1, 0.15) is 52.9 Å². The van der Waals surface area contributed by atoms with Crippen molar-refractivity contribution in [1.82, 2.24) is 0 Å². The topological polar surface area (TPSA) is 26.3 Å². The zero-order valence-corrected chi connectivity index (χ0v) is 13.1. The van der Waals surface area contributed by atoms with Crippen LogP contribution in [0.3, 0.4) is 0 Å². The van der Waals surface area contributed by atoms with Gasteiger partial charge in [-0.1, -0.05) is 29.8 Å². The molecule has 3 rings (SSSR count). The summed E-state index contributed by atoms with van der Waals surface area (Å²) in [4.78, 5) is 11.9. The molecule has 2 nitrogen and oxygen atoms in total. The van der Waals surface area contributed by atoms with E-state index in [1.165, 1.54) is 25.7 Å². The van der Waals surface area contributed by atoms with Gasteiger partial charge in [-0.25, -0.2) is 0 Å². The first-order valence-corrected chi connectivity index (χ1v) is 8.11. The summed E-state index contributed by atoms with van der Waals surface area (Å²) >= 11 is 4.00. The molecule has 0 aromatic rings. The highest BCUT2D eigenvalue weighted by molar-refractivity contribution is 9.09. The number of rotatable bonds is 1. The monoisotopic (exact) mass is 314 g/mol. The van der Waals surface area contributed by atoms with Crippen LogP contribution in [0.15, 0.2) is 0 Å². The fourth-order valence-corrected chi connectivity index (χ4v) is 6.29. The number of halogens is 1. The molecule has 0 saturated heterocycles. The number of fused-ring (bicyclic) bond motifs is 1. The molecule has 0 heterocycles. The van der Waals surface area contributed by atoms with Crippen LogP contribution in [-0.2, 0) is 9.53 Å². The van der Waals surface area contributed by atoms with Crippen LogP contribution < -0.4 is 0 Å². The number of carbonyl (C=O) groups is 1. The molecular formula is C15H23BrO2. The highest BCUT2D eigenvalue weighted by Crippen LogP contribution is 2.71. The predicted octanol–water partition coefficient (Wildman–Crippen LogP) is 3.92. The predicted molar refractivity (Wildman–Crippen MR) is 74.5 cm³/mol. The summed E-state index contributed by atoms with van der Waals surface area (Å²) in [5.41, 5.74) is 0.793. The van der Waals surface area contributed by atoms with Crippen molar-refractivity contribution in [3.05, 3.63) is 0 Å². The molecule has 3 fully saturated rings. The third kappa shape index (κ3) is 1.55. The van der Waals surface area contributed by atoms with Crippen molar-refractivity contribution in [2.75, 3.05) is 0 Å². The second kappa shape index (κ2) is 3.97. The first kappa shape index (κ1) is 13.0. The minimum Gasteiger partial charge on any atom is -0.462 e. The van der Waals surface area contributed by atoms with Gasteiger partial charge in [-0.15, -0.1) is 0 Å². The number of esters is 1. The molecule has 0 amide bonds. The average molecular weight is 315 g/mol. The van der Waals surface area contributed by atoms with Gasteiger partial charge in [-0.3, -0.25) is 4.79 Å². The summed E-state index contributed by atoms with van der Waals surface area (Å²) in [7, 11) is 0. The summed E-state index contributed by atoms with van der Waals surface area (Å²) in [6.45, 7) is 6.35. The number of carbonyl (C=O) groups excluding carboxylic acids is 1. The lowest BCUT2D eigenvalue weighted by atomic mass is 9.60. The van der Waals surface area contributed by atoms with Gasteiger partial charge < -0.3 is 4.74 Å². The molecule has 0 N–H and O–H groups in total. The van der Waals surface area contributed by atoms with Crippen molar-refractivity contribution in [1.29, 1.82) is 0 Å². The summed E-state index contributed by atoms with van der Waals surface area (Å²) in [6, 6.07) is 0. The van der Waals surface area contributed by atoms with Crippen molar-refractivity contribution >= 4 is 21.9 Å². The van der Waals surface area contributed by atoms with Gasteiger partial charge in [0.15, 0.2) is 0 Å². The van der Waals surface area contributed by atoms with Crippen molar-refractivity contribution in [2.24, 2.45) is 22.7 Å². The maximum atomic E-state index is 11.3. The fourth-order valence-electron chi connectivity index (χ4n) is 5.16. The first-order chi connectivity index (χ1) is 8.38. The standard InChI is InChI=1S/C15H23BrO2/c1-9(17)18-12-5-4-6-15-8-10(7-11(12)15)14(2,3)13(15)16/h10-13H,4-8H2,1-3H3. The molecule has 0 radical (unpaired) electrons. The summed E-state index contributed by atoms with van der Waals surface area (Å²) < 4.78 is 5.61. The Labute approximate surface area is 118 Å². The Kier molecular flexibility index (Phi) is 2.86. The van der Waals surface area contributed by atoms with Crippen LogP contribution in [-0.4, -0.2) is 16.9 Å². The van der Waals surface area contributed by atoms with Gasteiger partial charge in [0.05, 0.1) is 0 Å². The van der Waals surface area contributed by atoms with Crippen molar-refractivity contribution in [3.8, 4) is 0 Å². The van der Waals surface area contributed by atoms with Crippen LogP contribution in [0.25, 0.3) is 0 Å². The lowest BCUT2D eigenvalue weighted by Gasteiger charge is -2.50. The molecule has 3 aliphatic carbocycles. The zero-order chi connectivity index (χ0) is 13.1. The minimum atomic E-state index is -0.106. The van der Waals surface area contributed by atoms with Gasteiger partial charge in [0.1, 0.15) is 6.10 Å². The normalized spacial score (nSPS) is 48.9. The van der Waals surface area contributed by atoms with Gasteiger partial charge in [0.25, 0.3) is 0 Å². The van der Waals surface area contributed by atoms with E-state index in [9.17, 15) is 4.79 Å². The maximum absolute atomic E-state index is 11.3. The lowest BCUT2D eigenvalue weighted by molar-refractivity contribution is -0.156. The molecule has 102 valence electrons. The zero-order valence-electron chi connectivity index (χ0n) is 11.5. The van der Waals surface area contributed by atoms with Gasteiger partial charge in [-0.05, 0) is 48.9 Å². The molecule has 5 unspecified atom stereocenters. The van der Waals surface area contributed by atoms with Crippen molar-refractivity contribution in [3.63, 3.8) is 0 Å². The molecule has 0 aromatic carbocycles. The number of ether oxygens (including phenoxy) is 1. The summed E-state index contributed by atoms with van der Waals surface area (Å²) in [6.07, 6.45) is 6.35. The third-order valence-corrected chi connectivity index (χ3v) is 8.10. The Morgan fingerprint density at radius 1 is 1.39 bits per heavy atom. The van der Waals surface area contributed by atoms with Gasteiger partial charge in [-0.2, -0.15) is 0 Å². The van der Waals surface area contributed by atoms with Crippen molar-refractivity contribution in [2.45, 2.75) is 63.8 Å². The summed E-state index contributed by atoms with van der Waals surface area (Å²) in [5, 5.41) is 0. The largest absolute Gasteiger partial charge is 0.462 e. The smallest absolute Gasteiger partial charge is 0.302 e. The van der Waals surface area contributed by atoms with Crippen LogP contribution >= 0.6 is 15.9 Å². The molecule has 3 heteroatoms. The van der Waals surface area contributed by atoms with Gasteiger partial charge in [0, 0.05) is 17.7 Å². The Morgan fingerprint density at radius 2 is 2.11 bits per heavy atom. The quantitative estimate of drug-likeness (QED) is 0.541. The minimum absolute atomic E-state index is 0.106. The SMILES string of the molecule is CC(=O)OC1CCCC23CC(CC12)C(C)(C)C3Br. The van der Waals surface area contributed by atoms with E-state index < -0.39 is 0 Å². The second-order valence-electron chi connectivity index (χ2n) is 7.20. The van der Waals surface area contributed by atoms with Crippen molar-refractivity contribution < 1.29 is 9.53 Å². The Balaban J connectivity index is 1.89. The van der Waals surface area contributed by atoms with E-state index in [4.69, 9.17) is 4.74 Å². The molecule has 5 atom stereocenters. The Morgan fingerprint density at radius 3 is 2.72 bits per heavy atom. The molecule has 0 aromatic heterocycles. The number of hydrogen-bond acceptors (Lipinski definition) is 2. The molecule has 3 aliphatic rings. The molecule has 2 bridgehead atoms. The average Bonchev–Trinajstić information content (AvgIpc) is 2.75. The van der Waals surface area contributed by atoms with Crippen LogP contribution in [0.2, 0.25) is 0 Å². The lowest BCUT2D eigenvalue weighted by Crippen LogP contribution is -2.50. The van der Waals surface area contributed by atoms with Crippen LogP contribution in [0.4, 0.5) is 0 Å². The highest BCUT2D eigenvalue weighted by atomic mass is 79.9.